The molecule has 1 heterocycles. The Balaban J connectivity index is 2.24. The van der Waals surface area contributed by atoms with Crippen LogP contribution in [0.2, 0.25) is 0 Å². The second-order valence-corrected chi connectivity index (χ2v) is 4.17. The van der Waals surface area contributed by atoms with Gasteiger partial charge >= 0.3 is 0 Å². The third kappa shape index (κ3) is 2.89. The summed E-state index contributed by atoms with van der Waals surface area (Å²) in [5.74, 6) is 0.390. The van der Waals surface area contributed by atoms with Crippen LogP contribution in [0.25, 0.3) is 5.69 Å². The van der Waals surface area contributed by atoms with Crippen molar-refractivity contribution in [3.63, 3.8) is 0 Å². The lowest BCUT2D eigenvalue weighted by Gasteiger charge is -2.06. The second kappa shape index (κ2) is 5.68. The second-order valence-electron chi connectivity index (χ2n) is 4.17. The average Bonchev–Trinajstić information content (AvgIpc) is 2.76. The van der Waals surface area contributed by atoms with Crippen LogP contribution in [-0.4, -0.2) is 26.8 Å². The van der Waals surface area contributed by atoms with Gasteiger partial charge in [0.15, 0.2) is 5.82 Å². The molecule has 1 aromatic heterocycles. The minimum atomic E-state index is -0.284. The maximum absolute atomic E-state index is 13.4. The first-order valence-electron chi connectivity index (χ1n) is 5.96. The third-order valence-electron chi connectivity index (χ3n) is 2.52. The van der Waals surface area contributed by atoms with E-state index in [1.165, 1.54) is 12.1 Å². The Labute approximate surface area is 105 Å². The number of nitrogens with one attached hydrogen (secondary N) is 1. The van der Waals surface area contributed by atoms with Crippen molar-refractivity contribution in [2.75, 3.05) is 6.54 Å². The topological polar surface area (TPSA) is 55.6 Å². The normalized spacial score (nSPS) is 10.8. The fraction of sp³-hybridized carbons (Fsp3) is 0.417. The molecular formula is C12H16FN5. The summed E-state index contributed by atoms with van der Waals surface area (Å²) in [5.41, 5.74) is 1.48. The molecule has 6 heteroatoms. The zero-order valence-corrected chi connectivity index (χ0v) is 10.5. The van der Waals surface area contributed by atoms with Crippen molar-refractivity contribution >= 4 is 0 Å². The molecule has 0 aliphatic heterocycles. The summed E-state index contributed by atoms with van der Waals surface area (Å²) >= 11 is 0. The molecule has 5 nitrogen and oxygen atoms in total. The van der Waals surface area contributed by atoms with Gasteiger partial charge in [-0.1, -0.05) is 6.92 Å². The summed E-state index contributed by atoms with van der Waals surface area (Å²) in [6.07, 6.45) is 1.04. The van der Waals surface area contributed by atoms with E-state index in [1.807, 2.05) is 13.0 Å². The van der Waals surface area contributed by atoms with Crippen LogP contribution < -0.4 is 5.32 Å². The van der Waals surface area contributed by atoms with E-state index in [0.717, 1.165) is 18.5 Å². The van der Waals surface area contributed by atoms with E-state index >= 15 is 0 Å². The van der Waals surface area contributed by atoms with E-state index in [2.05, 4.69) is 27.8 Å². The van der Waals surface area contributed by atoms with Gasteiger partial charge in [0, 0.05) is 0 Å². The number of benzene rings is 1. The smallest absolute Gasteiger partial charge is 0.170 e. The van der Waals surface area contributed by atoms with E-state index in [-0.39, 0.29) is 5.82 Å². The first-order valence-corrected chi connectivity index (χ1v) is 5.96. The minimum Gasteiger partial charge on any atom is -0.310 e. The van der Waals surface area contributed by atoms with E-state index < -0.39 is 0 Å². The van der Waals surface area contributed by atoms with Gasteiger partial charge in [-0.15, -0.1) is 5.10 Å². The molecule has 18 heavy (non-hydrogen) atoms. The molecule has 2 aromatic rings. The molecule has 0 spiro atoms. The predicted molar refractivity (Wildman–Crippen MR) is 65.8 cm³/mol. The van der Waals surface area contributed by atoms with Crippen LogP contribution in [-0.2, 0) is 6.54 Å². The number of aryl methyl sites for hydroxylation is 1. The molecular weight excluding hydrogens is 233 g/mol. The van der Waals surface area contributed by atoms with E-state index in [1.54, 1.807) is 4.68 Å². The summed E-state index contributed by atoms with van der Waals surface area (Å²) in [6.45, 7) is 5.39. The SMILES string of the molecule is CCCNCc1nnnn1-c1cc(C)cc(F)c1. The van der Waals surface area contributed by atoms with Crippen molar-refractivity contribution in [3.05, 3.63) is 35.4 Å². The number of hydrogen-bond acceptors (Lipinski definition) is 4. The Bertz CT molecular complexity index is 503. The molecule has 1 aromatic carbocycles. The molecule has 0 saturated carbocycles. The van der Waals surface area contributed by atoms with Gasteiger partial charge in [-0.2, -0.15) is 4.68 Å². The van der Waals surface area contributed by atoms with Crippen LogP contribution in [0.1, 0.15) is 24.7 Å². The summed E-state index contributed by atoms with van der Waals surface area (Å²) in [6, 6.07) is 4.75. The van der Waals surface area contributed by atoms with Gasteiger partial charge in [0.05, 0.1) is 12.2 Å². The zero-order valence-electron chi connectivity index (χ0n) is 10.5. The summed E-state index contributed by atoms with van der Waals surface area (Å²) < 4.78 is 14.9. The van der Waals surface area contributed by atoms with Gasteiger partial charge in [-0.25, -0.2) is 4.39 Å². The standard InChI is InChI=1S/C12H16FN5/c1-3-4-14-8-12-15-16-17-18(12)11-6-9(2)5-10(13)7-11/h5-7,14H,3-4,8H2,1-2H3. The highest BCUT2D eigenvalue weighted by Crippen LogP contribution is 2.13. The Morgan fingerprint density at radius 3 is 2.89 bits per heavy atom. The Morgan fingerprint density at radius 1 is 1.33 bits per heavy atom. The quantitative estimate of drug-likeness (QED) is 0.818. The molecule has 1 N–H and O–H groups in total. The van der Waals surface area contributed by atoms with Crippen LogP contribution in [0, 0.1) is 12.7 Å². The molecule has 0 aliphatic carbocycles. The van der Waals surface area contributed by atoms with Crippen LogP contribution in [0.15, 0.2) is 18.2 Å². The average molecular weight is 249 g/mol. The van der Waals surface area contributed by atoms with Crippen molar-refractivity contribution in [2.24, 2.45) is 0 Å². The van der Waals surface area contributed by atoms with Crippen LogP contribution in [0.4, 0.5) is 4.39 Å². The van der Waals surface area contributed by atoms with Crippen LogP contribution >= 0.6 is 0 Å². The molecule has 2 rings (SSSR count). The highest BCUT2D eigenvalue weighted by atomic mass is 19.1. The molecule has 0 amide bonds. The number of aromatic nitrogens is 4. The molecule has 0 radical (unpaired) electrons. The minimum absolute atomic E-state index is 0.284. The molecule has 0 saturated heterocycles. The van der Waals surface area contributed by atoms with Crippen molar-refractivity contribution in [1.29, 1.82) is 0 Å². The van der Waals surface area contributed by atoms with E-state index in [9.17, 15) is 4.39 Å². The molecule has 0 bridgehead atoms. The maximum atomic E-state index is 13.4. The summed E-state index contributed by atoms with van der Waals surface area (Å²) in [5, 5.41) is 14.7. The number of tetrazole rings is 1. The van der Waals surface area contributed by atoms with Crippen molar-refractivity contribution < 1.29 is 4.39 Å². The van der Waals surface area contributed by atoms with Gasteiger partial charge in [0.25, 0.3) is 0 Å². The van der Waals surface area contributed by atoms with Crippen LogP contribution in [0.5, 0.6) is 0 Å². The lowest BCUT2D eigenvalue weighted by atomic mass is 10.2. The molecule has 0 unspecified atom stereocenters. The number of nitrogens with zero attached hydrogens (tertiary/aromatic N) is 4. The Kier molecular flexibility index (Phi) is 3.99. The first kappa shape index (κ1) is 12.6. The third-order valence-corrected chi connectivity index (χ3v) is 2.52. The summed E-state index contributed by atoms with van der Waals surface area (Å²) in [7, 11) is 0. The first-order chi connectivity index (χ1) is 8.70. The van der Waals surface area contributed by atoms with Crippen molar-refractivity contribution in [1.82, 2.24) is 25.5 Å². The molecule has 0 fully saturated rings. The zero-order chi connectivity index (χ0) is 13.0. The van der Waals surface area contributed by atoms with Crippen LogP contribution in [0.3, 0.4) is 0 Å². The van der Waals surface area contributed by atoms with Gasteiger partial charge < -0.3 is 5.32 Å². The number of rotatable bonds is 5. The Morgan fingerprint density at radius 2 is 2.17 bits per heavy atom. The highest BCUT2D eigenvalue weighted by molar-refractivity contribution is 5.35. The van der Waals surface area contributed by atoms with Gasteiger partial charge in [-0.3, -0.25) is 0 Å². The fourth-order valence-corrected chi connectivity index (χ4v) is 1.73. The van der Waals surface area contributed by atoms with Gasteiger partial charge in [0.1, 0.15) is 5.82 Å². The fourth-order valence-electron chi connectivity index (χ4n) is 1.73. The molecule has 0 atom stereocenters. The van der Waals surface area contributed by atoms with Gasteiger partial charge in [0.2, 0.25) is 0 Å². The largest absolute Gasteiger partial charge is 0.310 e. The summed E-state index contributed by atoms with van der Waals surface area (Å²) in [4.78, 5) is 0. The maximum Gasteiger partial charge on any atom is 0.170 e. The monoisotopic (exact) mass is 249 g/mol. The van der Waals surface area contributed by atoms with Crippen molar-refractivity contribution in [2.45, 2.75) is 26.8 Å². The van der Waals surface area contributed by atoms with Crippen molar-refractivity contribution in [3.8, 4) is 5.69 Å². The molecule has 0 aliphatic rings. The van der Waals surface area contributed by atoms with E-state index in [0.29, 0.717) is 18.1 Å². The lowest BCUT2D eigenvalue weighted by molar-refractivity contribution is 0.615. The number of halogens is 1. The van der Waals surface area contributed by atoms with E-state index in [4.69, 9.17) is 0 Å². The lowest BCUT2D eigenvalue weighted by Crippen LogP contribution is -2.17. The van der Waals surface area contributed by atoms with Gasteiger partial charge in [-0.05, 0) is 54.1 Å². The predicted octanol–water partition coefficient (Wildman–Crippen LogP) is 1.61. The Hall–Kier alpha value is -1.82. The highest BCUT2D eigenvalue weighted by Gasteiger charge is 2.09. The number of hydrogen-bond donors (Lipinski definition) is 1. The molecule has 96 valence electrons.